The van der Waals surface area contributed by atoms with Crippen LogP contribution in [0.1, 0.15) is 57.8 Å². The number of aromatic nitrogens is 2. The Labute approximate surface area is 213 Å². The number of rotatable bonds is 7. The molecule has 1 atom stereocenters. The smallest absolute Gasteiger partial charge is 0.410 e. The van der Waals surface area contributed by atoms with Crippen LogP contribution in [-0.4, -0.2) is 39.2 Å². The first-order valence-electron chi connectivity index (χ1n) is 12.5. The molecule has 0 N–H and O–H groups in total. The summed E-state index contributed by atoms with van der Waals surface area (Å²) >= 11 is 6.00. The first-order chi connectivity index (χ1) is 16.7. The Bertz CT molecular complexity index is 1150. The number of nitrogens with zero attached hydrogens (tertiary/aromatic N) is 3. The third-order valence-corrected chi connectivity index (χ3v) is 6.66. The minimum absolute atomic E-state index is 0.195. The first kappa shape index (κ1) is 25.4. The highest BCUT2D eigenvalue weighted by molar-refractivity contribution is 6.30. The molecule has 0 spiro atoms. The zero-order chi connectivity index (χ0) is 25.0. The molecule has 2 aromatic carbocycles. The highest BCUT2D eigenvalue weighted by Crippen LogP contribution is 2.26. The van der Waals surface area contributed by atoms with Gasteiger partial charge in [0.2, 0.25) is 0 Å². The van der Waals surface area contributed by atoms with Gasteiger partial charge in [-0.15, -0.1) is 0 Å². The summed E-state index contributed by atoms with van der Waals surface area (Å²) in [5.41, 5.74) is 2.86. The topological polar surface area (TPSA) is 56.6 Å². The van der Waals surface area contributed by atoms with E-state index in [0.29, 0.717) is 17.5 Å². The molecule has 1 amide bonds. The summed E-state index contributed by atoms with van der Waals surface area (Å²) in [5, 5.41) is 0.688. The van der Waals surface area contributed by atoms with Crippen molar-refractivity contribution in [3.63, 3.8) is 0 Å². The Morgan fingerprint density at radius 1 is 1.17 bits per heavy atom. The molecule has 1 aliphatic heterocycles. The van der Waals surface area contributed by atoms with Crippen LogP contribution in [0.25, 0.3) is 11.0 Å². The fourth-order valence-electron chi connectivity index (χ4n) is 4.70. The van der Waals surface area contributed by atoms with Crippen molar-refractivity contribution in [1.29, 1.82) is 0 Å². The lowest BCUT2D eigenvalue weighted by Crippen LogP contribution is -2.42. The lowest BCUT2D eigenvalue weighted by molar-refractivity contribution is 0.0160. The van der Waals surface area contributed by atoms with Crippen LogP contribution in [0.2, 0.25) is 5.02 Å². The fourth-order valence-corrected chi connectivity index (χ4v) is 4.83. The van der Waals surface area contributed by atoms with E-state index in [4.69, 9.17) is 26.1 Å². The Kier molecular flexibility index (Phi) is 7.90. The molecule has 2 heterocycles. The molecule has 0 saturated carbocycles. The molecule has 1 unspecified atom stereocenters. The van der Waals surface area contributed by atoms with Gasteiger partial charge in [-0.2, -0.15) is 0 Å². The predicted molar refractivity (Wildman–Crippen MR) is 140 cm³/mol. The molecular formula is C28H36ClN3O3. The van der Waals surface area contributed by atoms with E-state index in [1.807, 2.05) is 49.9 Å². The van der Waals surface area contributed by atoms with Gasteiger partial charge in [0.05, 0.1) is 11.0 Å². The molecule has 188 valence electrons. The van der Waals surface area contributed by atoms with Gasteiger partial charge in [-0.3, -0.25) is 0 Å². The summed E-state index contributed by atoms with van der Waals surface area (Å²) in [6, 6.07) is 13.7. The Morgan fingerprint density at radius 2 is 1.94 bits per heavy atom. The summed E-state index contributed by atoms with van der Waals surface area (Å²) < 4.78 is 13.9. The number of carbonyl (C=O) groups excluding carboxylic acids is 1. The van der Waals surface area contributed by atoms with Crippen molar-refractivity contribution >= 4 is 28.7 Å². The normalized spacial score (nSPS) is 16.5. The molecule has 7 heteroatoms. The SMILES string of the molecule is Cc1cccc2c1nc(COc1ccc(Cl)cc1)n2CCCC1CCCN(C(=O)OC(C)(C)C)C1. The number of carbonyl (C=O) groups is 1. The third kappa shape index (κ3) is 6.69. The Hall–Kier alpha value is -2.73. The number of ether oxygens (including phenoxy) is 2. The molecule has 0 aliphatic carbocycles. The van der Waals surface area contributed by atoms with Crippen LogP contribution in [0.4, 0.5) is 4.79 Å². The van der Waals surface area contributed by atoms with Crippen LogP contribution >= 0.6 is 11.6 Å². The zero-order valence-corrected chi connectivity index (χ0v) is 22.0. The van der Waals surface area contributed by atoms with Crippen LogP contribution < -0.4 is 4.74 Å². The van der Waals surface area contributed by atoms with Gasteiger partial charge in [0.25, 0.3) is 0 Å². The summed E-state index contributed by atoms with van der Waals surface area (Å²) in [4.78, 5) is 19.3. The van der Waals surface area contributed by atoms with E-state index in [1.54, 1.807) is 0 Å². The van der Waals surface area contributed by atoms with Crippen molar-refractivity contribution in [2.24, 2.45) is 5.92 Å². The number of hydrogen-bond donors (Lipinski definition) is 0. The maximum absolute atomic E-state index is 12.5. The van der Waals surface area contributed by atoms with Crippen molar-refractivity contribution < 1.29 is 14.3 Å². The molecule has 35 heavy (non-hydrogen) atoms. The molecule has 1 aromatic heterocycles. The summed E-state index contributed by atoms with van der Waals surface area (Å²) in [6.07, 6.45) is 4.05. The van der Waals surface area contributed by atoms with E-state index >= 15 is 0 Å². The van der Waals surface area contributed by atoms with Crippen molar-refractivity contribution in [1.82, 2.24) is 14.5 Å². The number of imidazole rings is 1. The minimum Gasteiger partial charge on any atom is -0.486 e. The van der Waals surface area contributed by atoms with Gasteiger partial charge in [-0.25, -0.2) is 9.78 Å². The maximum Gasteiger partial charge on any atom is 0.410 e. The van der Waals surface area contributed by atoms with Gasteiger partial charge >= 0.3 is 6.09 Å². The van der Waals surface area contributed by atoms with Crippen LogP contribution in [-0.2, 0) is 17.9 Å². The van der Waals surface area contributed by atoms with Gasteiger partial charge in [0, 0.05) is 24.7 Å². The van der Waals surface area contributed by atoms with Crippen molar-refractivity contribution in [2.75, 3.05) is 13.1 Å². The zero-order valence-electron chi connectivity index (χ0n) is 21.2. The van der Waals surface area contributed by atoms with Crippen LogP contribution in [0.5, 0.6) is 5.75 Å². The van der Waals surface area contributed by atoms with Gasteiger partial charge in [-0.05, 0) is 95.2 Å². The number of hydrogen-bond acceptors (Lipinski definition) is 4. The summed E-state index contributed by atoms with van der Waals surface area (Å²) in [6.45, 7) is 10.6. The Balaban J connectivity index is 1.41. The molecule has 0 bridgehead atoms. The quantitative estimate of drug-likeness (QED) is 0.352. The second-order valence-electron chi connectivity index (χ2n) is 10.4. The third-order valence-electron chi connectivity index (χ3n) is 6.41. The maximum atomic E-state index is 12.5. The van der Waals surface area contributed by atoms with Crippen molar-refractivity contribution in [3.8, 4) is 5.75 Å². The first-order valence-corrected chi connectivity index (χ1v) is 12.9. The summed E-state index contributed by atoms with van der Waals surface area (Å²) in [5.74, 6) is 2.18. The molecule has 6 nitrogen and oxygen atoms in total. The number of fused-ring (bicyclic) bond motifs is 1. The number of benzene rings is 2. The van der Waals surface area contributed by atoms with E-state index in [9.17, 15) is 4.79 Å². The molecule has 1 fully saturated rings. The molecule has 4 rings (SSSR count). The van der Waals surface area contributed by atoms with Crippen LogP contribution in [0.15, 0.2) is 42.5 Å². The number of halogens is 1. The van der Waals surface area contributed by atoms with Gasteiger partial charge in [0.15, 0.2) is 0 Å². The highest BCUT2D eigenvalue weighted by atomic mass is 35.5. The molecule has 1 aliphatic rings. The number of para-hydroxylation sites is 1. The average Bonchev–Trinajstić information content (AvgIpc) is 3.17. The molecule has 0 radical (unpaired) electrons. The van der Waals surface area contributed by atoms with Gasteiger partial charge < -0.3 is 18.9 Å². The van der Waals surface area contributed by atoms with E-state index < -0.39 is 5.60 Å². The average molecular weight is 498 g/mol. The fraction of sp³-hybridized carbons (Fsp3) is 0.500. The number of piperidine rings is 1. The van der Waals surface area contributed by atoms with Crippen LogP contribution in [0, 0.1) is 12.8 Å². The van der Waals surface area contributed by atoms with Gasteiger partial charge in [-0.1, -0.05) is 23.7 Å². The number of amides is 1. The van der Waals surface area contributed by atoms with Crippen molar-refractivity contribution in [3.05, 3.63) is 58.9 Å². The standard InChI is InChI=1S/C28H36ClN3O3/c1-20-8-5-11-24-26(20)30-25(19-34-23-14-12-22(29)13-15-23)32(24)17-7-10-21-9-6-16-31(18-21)27(33)35-28(2,3)4/h5,8,11-15,21H,6-7,9-10,16-19H2,1-4H3. The predicted octanol–water partition coefficient (Wildman–Crippen LogP) is 7.00. The summed E-state index contributed by atoms with van der Waals surface area (Å²) in [7, 11) is 0. The van der Waals surface area contributed by atoms with E-state index in [-0.39, 0.29) is 6.09 Å². The number of likely N-dealkylation sites (tertiary alicyclic amines) is 1. The highest BCUT2D eigenvalue weighted by Gasteiger charge is 2.27. The van der Waals surface area contributed by atoms with Crippen LogP contribution in [0.3, 0.4) is 0 Å². The lowest BCUT2D eigenvalue weighted by Gasteiger charge is -2.34. The molecular weight excluding hydrogens is 462 g/mol. The van der Waals surface area contributed by atoms with Gasteiger partial charge in [0.1, 0.15) is 23.8 Å². The monoisotopic (exact) mass is 497 g/mol. The Morgan fingerprint density at radius 3 is 2.69 bits per heavy atom. The molecule has 3 aromatic rings. The second kappa shape index (κ2) is 10.9. The minimum atomic E-state index is -0.463. The number of aryl methyl sites for hydroxylation is 2. The van der Waals surface area contributed by atoms with Crippen molar-refractivity contribution in [2.45, 2.75) is 72.1 Å². The lowest BCUT2D eigenvalue weighted by atomic mass is 9.93. The largest absolute Gasteiger partial charge is 0.486 e. The molecule has 1 saturated heterocycles. The van der Waals surface area contributed by atoms with E-state index in [0.717, 1.165) is 73.5 Å². The van der Waals surface area contributed by atoms with E-state index in [2.05, 4.69) is 29.7 Å². The second-order valence-corrected chi connectivity index (χ2v) is 10.9. The van der Waals surface area contributed by atoms with E-state index in [1.165, 1.54) is 0 Å².